The second-order valence-corrected chi connectivity index (χ2v) is 8.82. The molecule has 4 aromatic rings. The Hall–Kier alpha value is -3.03. The van der Waals surface area contributed by atoms with Gasteiger partial charge in [0, 0.05) is 23.9 Å². The van der Waals surface area contributed by atoms with Crippen molar-refractivity contribution in [2.24, 2.45) is 0 Å². The first-order chi connectivity index (χ1) is 15.2. The molecule has 7 heteroatoms. The molecule has 3 aromatic carbocycles. The lowest BCUT2D eigenvalue weighted by Crippen LogP contribution is -2.23. The molecule has 1 saturated heterocycles. The van der Waals surface area contributed by atoms with Crippen molar-refractivity contribution in [2.45, 2.75) is 24.3 Å². The van der Waals surface area contributed by atoms with Gasteiger partial charge in [0.05, 0.1) is 19.2 Å². The summed E-state index contributed by atoms with van der Waals surface area (Å²) in [6.45, 7) is 2.31. The SMILES string of the molecule is COc1ccc2ccccc2c1S(=O)NCc1nc(N2CCCC2)c2ccccc2n1. The number of hydrogen-bond acceptors (Lipinski definition) is 5. The van der Waals surface area contributed by atoms with Gasteiger partial charge in [0.2, 0.25) is 0 Å². The molecule has 0 radical (unpaired) electrons. The number of anilines is 1. The maximum atomic E-state index is 13.3. The first kappa shape index (κ1) is 19.9. The van der Waals surface area contributed by atoms with Gasteiger partial charge in [0.1, 0.15) is 33.3 Å². The molecule has 1 unspecified atom stereocenters. The molecule has 5 rings (SSSR count). The van der Waals surface area contributed by atoms with E-state index in [1.165, 1.54) is 12.8 Å². The van der Waals surface area contributed by atoms with Crippen LogP contribution in [0, 0.1) is 0 Å². The van der Waals surface area contributed by atoms with Gasteiger partial charge in [-0.1, -0.05) is 42.5 Å². The number of hydrogen-bond donors (Lipinski definition) is 1. The molecule has 1 aliphatic heterocycles. The maximum absolute atomic E-state index is 13.3. The molecule has 6 nitrogen and oxygen atoms in total. The van der Waals surface area contributed by atoms with Gasteiger partial charge in [-0.2, -0.15) is 0 Å². The molecule has 1 N–H and O–H groups in total. The topological polar surface area (TPSA) is 67.3 Å². The van der Waals surface area contributed by atoms with Crippen LogP contribution < -0.4 is 14.4 Å². The number of rotatable bonds is 6. The van der Waals surface area contributed by atoms with Crippen LogP contribution in [0.1, 0.15) is 18.7 Å². The van der Waals surface area contributed by atoms with Crippen molar-refractivity contribution < 1.29 is 8.95 Å². The molecular weight excluding hydrogens is 408 g/mol. The number of para-hydroxylation sites is 1. The predicted molar refractivity (Wildman–Crippen MR) is 125 cm³/mol. The summed E-state index contributed by atoms with van der Waals surface area (Å²) in [4.78, 5) is 12.5. The number of nitrogens with zero attached hydrogens (tertiary/aromatic N) is 3. The zero-order chi connectivity index (χ0) is 21.2. The lowest BCUT2D eigenvalue weighted by molar-refractivity contribution is 0.405. The number of benzene rings is 3. The largest absolute Gasteiger partial charge is 0.495 e. The lowest BCUT2D eigenvalue weighted by Gasteiger charge is -2.19. The summed E-state index contributed by atoms with van der Waals surface area (Å²) in [7, 11) is 0.116. The third kappa shape index (κ3) is 3.86. The third-order valence-corrected chi connectivity index (χ3v) is 6.84. The van der Waals surface area contributed by atoms with Gasteiger partial charge in [-0.25, -0.2) is 18.9 Å². The van der Waals surface area contributed by atoms with Crippen LogP contribution in [-0.4, -0.2) is 34.4 Å². The monoisotopic (exact) mass is 432 g/mol. The number of aromatic nitrogens is 2. The van der Waals surface area contributed by atoms with Crippen molar-refractivity contribution in [3.63, 3.8) is 0 Å². The number of ether oxygens (including phenoxy) is 1. The van der Waals surface area contributed by atoms with Crippen LogP contribution in [0.4, 0.5) is 5.82 Å². The quantitative estimate of drug-likeness (QED) is 0.495. The molecule has 31 heavy (non-hydrogen) atoms. The van der Waals surface area contributed by atoms with Gasteiger partial charge >= 0.3 is 0 Å². The molecular formula is C24H24N4O2S. The summed E-state index contributed by atoms with van der Waals surface area (Å²) in [5, 5.41) is 2.99. The zero-order valence-electron chi connectivity index (χ0n) is 17.4. The van der Waals surface area contributed by atoms with Crippen molar-refractivity contribution in [3.05, 3.63) is 66.5 Å². The van der Waals surface area contributed by atoms with E-state index in [0.717, 1.165) is 40.6 Å². The van der Waals surface area contributed by atoms with E-state index in [2.05, 4.69) is 15.7 Å². The smallest absolute Gasteiger partial charge is 0.146 e. The van der Waals surface area contributed by atoms with E-state index in [1.807, 2.05) is 54.6 Å². The number of fused-ring (bicyclic) bond motifs is 2. The van der Waals surface area contributed by atoms with Crippen LogP contribution in [0.25, 0.3) is 21.7 Å². The van der Waals surface area contributed by atoms with Crippen LogP contribution in [0.3, 0.4) is 0 Å². The molecule has 0 bridgehead atoms. The number of methoxy groups -OCH3 is 1. The van der Waals surface area contributed by atoms with E-state index in [-0.39, 0.29) is 0 Å². The maximum Gasteiger partial charge on any atom is 0.146 e. The fraction of sp³-hybridized carbons (Fsp3) is 0.250. The van der Waals surface area contributed by atoms with E-state index in [9.17, 15) is 4.21 Å². The third-order valence-electron chi connectivity index (χ3n) is 5.65. The molecule has 1 aliphatic rings. The van der Waals surface area contributed by atoms with E-state index >= 15 is 0 Å². The summed E-state index contributed by atoms with van der Waals surface area (Å²) >= 11 is 0. The Kier molecular flexibility index (Phi) is 5.53. The fourth-order valence-corrected chi connectivity index (χ4v) is 5.26. The molecule has 158 valence electrons. The summed E-state index contributed by atoms with van der Waals surface area (Å²) < 4.78 is 21.9. The fourth-order valence-electron chi connectivity index (χ4n) is 4.13. The average Bonchev–Trinajstić information content (AvgIpc) is 3.36. The van der Waals surface area contributed by atoms with Crippen LogP contribution >= 0.6 is 0 Å². The second-order valence-electron chi connectivity index (χ2n) is 7.58. The van der Waals surface area contributed by atoms with Crippen molar-refractivity contribution >= 4 is 38.5 Å². The summed E-state index contributed by atoms with van der Waals surface area (Å²) in [6.07, 6.45) is 2.35. The highest BCUT2D eigenvalue weighted by Gasteiger charge is 2.19. The molecule has 0 saturated carbocycles. The molecule has 0 spiro atoms. The van der Waals surface area contributed by atoms with Crippen LogP contribution in [0.5, 0.6) is 5.75 Å². The Morgan fingerprint density at radius 2 is 1.71 bits per heavy atom. The zero-order valence-corrected chi connectivity index (χ0v) is 18.2. The van der Waals surface area contributed by atoms with Gasteiger partial charge in [-0.15, -0.1) is 0 Å². The van der Waals surface area contributed by atoms with E-state index in [4.69, 9.17) is 14.7 Å². The first-order valence-electron chi connectivity index (χ1n) is 10.5. The van der Waals surface area contributed by atoms with Crippen molar-refractivity contribution in [2.75, 3.05) is 25.1 Å². The van der Waals surface area contributed by atoms with Gasteiger partial charge < -0.3 is 9.64 Å². The Morgan fingerprint density at radius 1 is 0.968 bits per heavy atom. The minimum Gasteiger partial charge on any atom is -0.495 e. The van der Waals surface area contributed by atoms with Crippen molar-refractivity contribution in [1.82, 2.24) is 14.7 Å². The van der Waals surface area contributed by atoms with E-state index < -0.39 is 11.0 Å². The molecule has 0 amide bonds. The van der Waals surface area contributed by atoms with E-state index in [0.29, 0.717) is 23.0 Å². The predicted octanol–water partition coefficient (Wildman–Crippen LogP) is 4.20. The second kappa shape index (κ2) is 8.61. The molecule has 1 aromatic heterocycles. The minimum absolute atomic E-state index is 0.296. The van der Waals surface area contributed by atoms with E-state index in [1.54, 1.807) is 7.11 Å². The summed E-state index contributed by atoms with van der Waals surface area (Å²) in [5.41, 5.74) is 0.907. The van der Waals surface area contributed by atoms with Gasteiger partial charge in [0.15, 0.2) is 0 Å². The lowest BCUT2D eigenvalue weighted by atomic mass is 10.1. The van der Waals surface area contributed by atoms with Gasteiger partial charge in [-0.3, -0.25) is 0 Å². The van der Waals surface area contributed by atoms with Crippen molar-refractivity contribution in [1.29, 1.82) is 0 Å². The van der Waals surface area contributed by atoms with Gasteiger partial charge in [-0.05, 0) is 36.4 Å². The molecule has 1 fully saturated rings. The first-order valence-corrected chi connectivity index (χ1v) is 11.6. The Morgan fingerprint density at radius 3 is 2.52 bits per heavy atom. The summed E-state index contributed by atoms with van der Waals surface area (Å²) in [6, 6.07) is 19.8. The Balaban J connectivity index is 1.46. The van der Waals surface area contributed by atoms with Crippen LogP contribution in [0.2, 0.25) is 0 Å². The highest BCUT2D eigenvalue weighted by Crippen LogP contribution is 2.31. The molecule has 1 atom stereocenters. The Bertz CT molecular complexity index is 1270. The molecule has 0 aliphatic carbocycles. The standard InChI is InChI=1S/C24H24N4O2S/c1-30-21-13-12-17-8-2-3-9-18(17)23(21)31(29)25-16-22-26-20-11-5-4-10-19(20)24(27-22)28-14-6-7-15-28/h2-5,8-13,25H,6-7,14-16H2,1H3. The molecule has 2 heterocycles. The van der Waals surface area contributed by atoms with Crippen LogP contribution in [-0.2, 0) is 17.5 Å². The van der Waals surface area contributed by atoms with Gasteiger partial charge in [0.25, 0.3) is 0 Å². The average molecular weight is 433 g/mol. The summed E-state index contributed by atoms with van der Waals surface area (Å²) in [5.74, 6) is 2.20. The number of nitrogens with one attached hydrogen (secondary N) is 1. The highest BCUT2D eigenvalue weighted by molar-refractivity contribution is 7.83. The highest BCUT2D eigenvalue weighted by atomic mass is 32.2. The minimum atomic E-state index is -1.48. The Labute approximate surface area is 183 Å². The van der Waals surface area contributed by atoms with Crippen molar-refractivity contribution in [3.8, 4) is 5.75 Å². The normalized spacial score (nSPS) is 14.9. The van der Waals surface area contributed by atoms with Crippen LogP contribution in [0.15, 0.2) is 65.6 Å².